The summed E-state index contributed by atoms with van der Waals surface area (Å²) in [5.41, 5.74) is -2.11. The number of alkyl halides is 1. The molecule has 0 spiro atoms. The summed E-state index contributed by atoms with van der Waals surface area (Å²) in [6, 6.07) is 0. The number of aliphatic hydroxyl groups is 4. The van der Waals surface area contributed by atoms with E-state index in [4.69, 9.17) is 16.7 Å². The summed E-state index contributed by atoms with van der Waals surface area (Å²) in [6.45, 7) is 0.201. The lowest BCUT2D eigenvalue weighted by Gasteiger charge is -2.22. The van der Waals surface area contributed by atoms with E-state index < -0.39 is 54.0 Å². The van der Waals surface area contributed by atoms with E-state index in [2.05, 4.69) is 15.6 Å². The third-order valence-electron chi connectivity index (χ3n) is 3.02. The molecule has 0 aliphatic heterocycles. The maximum atomic E-state index is 11.8. The van der Waals surface area contributed by atoms with Crippen LogP contribution < -0.4 is 21.9 Å². The summed E-state index contributed by atoms with van der Waals surface area (Å²) in [5.74, 6) is -0.923. The van der Waals surface area contributed by atoms with Crippen molar-refractivity contribution in [2.75, 3.05) is 23.8 Å². The Balaban J connectivity index is 2.96. The molecule has 0 radical (unpaired) electrons. The molecule has 0 bridgehead atoms. The van der Waals surface area contributed by atoms with Gasteiger partial charge < -0.3 is 31.1 Å². The minimum absolute atomic E-state index is 0.223. The van der Waals surface area contributed by atoms with Gasteiger partial charge in [0.1, 0.15) is 29.1 Å². The number of aromatic amines is 2. The lowest BCUT2D eigenvalue weighted by Crippen LogP contribution is -2.43. The molecule has 1 unspecified atom stereocenters. The van der Waals surface area contributed by atoms with Crippen molar-refractivity contribution < 1.29 is 25.2 Å². The quantitative estimate of drug-likeness (QED) is 0.225. The Labute approximate surface area is 140 Å². The van der Waals surface area contributed by atoms with Crippen LogP contribution in [0, 0.1) is 0 Å². The zero-order chi connectivity index (χ0) is 18.4. The fraction of sp³-hybridized carbons (Fsp3) is 0.583. The van der Waals surface area contributed by atoms with Gasteiger partial charge in [0, 0.05) is 6.54 Å². The van der Waals surface area contributed by atoms with Crippen LogP contribution in [0.15, 0.2) is 9.59 Å². The number of hydrogen-bond acceptors (Lipinski definition) is 8. The van der Waals surface area contributed by atoms with Crippen molar-refractivity contribution in [3.05, 3.63) is 20.8 Å². The monoisotopic (exact) mass is 366 g/mol. The van der Waals surface area contributed by atoms with E-state index in [1.165, 1.54) is 6.92 Å². The Morgan fingerprint density at radius 3 is 2.38 bits per heavy atom. The van der Waals surface area contributed by atoms with Gasteiger partial charge in [-0.1, -0.05) is 0 Å². The highest BCUT2D eigenvalue weighted by Crippen LogP contribution is 2.13. The van der Waals surface area contributed by atoms with Crippen molar-refractivity contribution in [2.24, 2.45) is 0 Å². The molecule has 0 aromatic carbocycles. The molecule has 0 saturated heterocycles. The van der Waals surface area contributed by atoms with Gasteiger partial charge in [0.2, 0.25) is 5.91 Å². The summed E-state index contributed by atoms with van der Waals surface area (Å²) < 4.78 is 0. The number of hydrogen-bond donors (Lipinski definition) is 8. The Morgan fingerprint density at radius 1 is 1.21 bits per heavy atom. The number of amides is 1. The molecule has 1 aromatic rings. The minimum Gasteiger partial charge on any atom is -0.394 e. The molecule has 4 atom stereocenters. The van der Waals surface area contributed by atoms with Crippen LogP contribution in [0.3, 0.4) is 0 Å². The number of aliphatic hydroxyl groups excluding tert-OH is 4. The summed E-state index contributed by atoms with van der Waals surface area (Å²) >= 11 is 5.59. The van der Waals surface area contributed by atoms with Crippen molar-refractivity contribution >= 4 is 29.0 Å². The van der Waals surface area contributed by atoms with Crippen LogP contribution in [0.5, 0.6) is 0 Å². The van der Waals surface area contributed by atoms with Gasteiger partial charge >= 0.3 is 5.69 Å². The molecular formula is C12H19ClN4O7. The molecule has 24 heavy (non-hydrogen) atoms. The second-order valence-corrected chi connectivity index (χ2v) is 5.61. The van der Waals surface area contributed by atoms with Crippen LogP contribution in [-0.2, 0) is 4.79 Å². The van der Waals surface area contributed by atoms with E-state index in [0.717, 1.165) is 0 Å². The second-order valence-electron chi connectivity index (χ2n) is 4.95. The molecule has 11 nitrogen and oxygen atoms in total. The average Bonchev–Trinajstić information content (AvgIpc) is 2.53. The molecule has 1 amide bonds. The number of carbonyl (C=O) groups excluding carboxylic acids is 1. The zero-order valence-electron chi connectivity index (χ0n) is 12.6. The van der Waals surface area contributed by atoms with Crippen molar-refractivity contribution in [2.45, 2.75) is 30.6 Å². The van der Waals surface area contributed by atoms with Gasteiger partial charge in [-0.15, -0.1) is 11.6 Å². The van der Waals surface area contributed by atoms with Crippen LogP contribution in [0.4, 0.5) is 11.5 Å². The third-order valence-corrected chi connectivity index (χ3v) is 3.21. The van der Waals surface area contributed by atoms with Crippen LogP contribution in [0.2, 0.25) is 0 Å². The maximum Gasteiger partial charge on any atom is 0.327 e. The first-order valence-corrected chi connectivity index (χ1v) is 7.31. The van der Waals surface area contributed by atoms with E-state index in [9.17, 15) is 29.7 Å². The fourth-order valence-electron chi connectivity index (χ4n) is 1.65. The van der Waals surface area contributed by atoms with E-state index >= 15 is 0 Å². The zero-order valence-corrected chi connectivity index (χ0v) is 13.4. The molecule has 0 saturated carbocycles. The van der Waals surface area contributed by atoms with Crippen molar-refractivity contribution in [3.8, 4) is 0 Å². The third kappa shape index (κ3) is 5.32. The number of rotatable bonds is 8. The van der Waals surface area contributed by atoms with E-state index in [0.29, 0.717) is 0 Å². The summed E-state index contributed by atoms with van der Waals surface area (Å²) in [4.78, 5) is 38.9. The number of carbonyl (C=O) groups is 1. The van der Waals surface area contributed by atoms with Crippen molar-refractivity contribution in [1.82, 2.24) is 9.97 Å². The highest BCUT2D eigenvalue weighted by Gasteiger charge is 2.24. The number of nitrogens with one attached hydrogen (secondary N) is 4. The molecule has 1 rings (SSSR count). The number of halogens is 1. The average molecular weight is 367 g/mol. The smallest absolute Gasteiger partial charge is 0.327 e. The largest absolute Gasteiger partial charge is 0.394 e. The Bertz CT molecular complexity index is 674. The lowest BCUT2D eigenvalue weighted by atomic mass is 10.1. The van der Waals surface area contributed by atoms with Crippen LogP contribution in [0.25, 0.3) is 0 Å². The molecule has 0 aliphatic carbocycles. The number of H-pyrrole nitrogens is 2. The number of anilines is 2. The topological polar surface area (TPSA) is 188 Å². The Kier molecular flexibility index (Phi) is 7.38. The SMILES string of the molecule is CC(Cl)C(=O)Nc1c(NC[C@H](O)[C@H](O)[C@H](O)CO)[nH]c(=O)[nH]c1=O. The predicted octanol–water partition coefficient (Wildman–Crippen LogP) is -2.88. The Hall–Kier alpha value is -1.92. The van der Waals surface area contributed by atoms with Crippen LogP contribution >= 0.6 is 11.6 Å². The lowest BCUT2D eigenvalue weighted by molar-refractivity contribution is -0.115. The summed E-state index contributed by atoms with van der Waals surface area (Å²) in [5, 5.41) is 40.9. The molecule has 0 aliphatic rings. The molecule has 136 valence electrons. The molecular weight excluding hydrogens is 348 g/mol. The van der Waals surface area contributed by atoms with E-state index in [1.54, 1.807) is 0 Å². The van der Waals surface area contributed by atoms with Crippen molar-refractivity contribution in [1.29, 1.82) is 0 Å². The normalized spacial score (nSPS) is 16.1. The van der Waals surface area contributed by atoms with Gasteiger partial charge in [0.25, 0.3) is 5.56 Å². The van der Waals surface area contributed by atoms with Crippen LogP contribution in [0.1, 0.15) is 6.92 Å². The first-order valence-electron chi connectivity index (χ1n) is 6.87. The molecule has 8 N–H and O–H groups in total. The fourth-order valence-corrected chi connectivity index (χ4v) is 1.71. The molecule has 1 aromatic heterocycles. The van der Waals surface area contributed by atoms with Crippen molar-refractivity contribution in [3.63, 3.8) is 0 Å². The molecule has 1 heterocycles. The molecule has 12 heteroatoms. The molecule has 0 fully saturated rings. The second kappa shape index (κ2) is 8.80. The summed E-state index contributed by atoms with van der Waals surface area (Å²) in [6.07, 6.45) is -4.78. The highest BCUT2D eigenvalue weighted by atomic mass is 35.5. The van der Waals surface area contributed by atoms with Gasteiger partial charge in [-0.25, -0.2) is 4.79 Å². The van der Waals surface area contributed by atoms with E-state index in [1.807, 2.05) is 4.98 Å². The van der Waals surface area contributed by atoms with Crippen LogP contribution in [-0.4, -0.2) is 73.1 Å². The summed E-state index contributed by atoms with van der Waals surface area (Å²) in [7, 11) is 0. The first-order chi connectivity index (χ1) is 11.2. The van der Waals surface area contributed by atoms with Gasteiger partial charge in [-0.2, -0.15) is 0 Å². The van der Waals surface area contributed by atoms with Gasteiger partial charge in [-0.3, -0.25) is 19.6 Å². The minimum atomic E-state index is -1.67. The highest BCUT2D eigenvalue weighted by molar-refractivity contribution is 6.32. The predicted molar refractivity (Wildman–Crippen MR) is 85.2 cm³/mol. The van der Waals surface area contributed by atoms with Gasteiger partial charge in [0.15, 0.2) is 0 Å². The number of aromatic nitrogens is 2. The maximum absolute atomic E-state index is 11.8. The first kappa shape index (κ1) is 20.1. The van der Waals surface area contributed by atoms with E-state index in [-0.39, 0.29) is 11.5 Å². The van der Waals surface area contributed by atoms with Gasteiger partial charge in [0.05, 0.1) is 12.7 Å². The Morgan fingerprint density at radius 2 is 1.83 bits per heavy atom. The van der Waals surface area contributed by atoms with Gasteiger partial charge in [-0.05, 0) is 6.92 Å². The standard InChI is InChI=1S/C12H19ClN4O7/c1-4(13)10(22)15-7-9(16-12(24)17-11(7)23)14-2-5(19)8(21)6(20)3-18/h4-6,8,18-21H,2-3H2,1H3,(H,15,22)(H3,14,16,17,23,24)/t4?,5-,6+,8-/m0/s1.